The largest absolute Gasteiger partial charge is 0.480 e. The molecule has 5 atom stereocenters. The predicted molar refractivity (Wildman–Crippen MR) is 195 cm³/mol. The maximum atomic E-state index is 13.7. The van der Waals surface area contributed by atoms with Gasteiger partial charge in [0.1, 0.15) is 12.1 Å². The number of hydrogen-bond acceptors (Lipinski definition) is 10. The fourth-order valence-electron chi connectivity index (χ4n) is 7.49. The number of hydrogen-bond donors (Lipinski definition) is 5. The Morgan fingerprint density at radius 2 is 1.33 bits per heavy atom. The first-order chi connectivity index (χ1) is 25.1. The first kappa shape index (κ1) is 41.1. The third-order valence-corrected chi connectivity index (χ3v) is 10.4. The Labute approximate surface area is 307 Å². The third-order valence-electron chi connectivity index (χ3n) is 10.4. The summed E-state index contributed by atoms with van der Waals surface area (Å²) < 4.78 is 0. The van der Waals surface area contributed by atoms with Crippen molar-refractivity contribution in [2.75, 3.05) is 91.6 Å². The Hall–Kier alpha value is -3.63. The number of rotatable bonds is 17. The highest BCUT2D eigenvalue weighted by Gasteiger charge is 2.38. The average molecular weight is 730 g/mol. The number of likely N-dealkylation sites (tertiary alicyclic amines) is 1. The van der Waals surface area contributed by atoms with Gasteiger partial charge in [-0.2, -0.15) is 0 Å². The van der Waals surface area contributed by atoms with Gasteiger partial charge < -0.3 is 35.3 Å². The van der Waals surface area contributed by atoms with Gasteiger partial charge in [0.2, 0.25) is 11.8 Å². The van der Waals surface area contributed by atoms with Gasteiger partial charge in [0.15, 0.2) is 0 Å². The second kappa shape index (κ2) is 21.8. The van der Waals surface area contributed by atoms with E-state index in [0.29, 0.717) is 51.6 Å². The van der Waals surface area contributed by atoms with Crippen molar-refractivity contribution in [3.05, 3.63) is 35.9 Å². The van der Waals surface area contributed by atoms with Crippen LogP contribution in [0.4, 0.5) is 0 Å². The molecule has 3 aliphatic rings. The van der Waals surface area contributed by atoms with Crippen molar-refractivity contribution >= 4 is 29.7 Å². The fourth-order valence-corrected chi connectivity index (χ4v) is 7.49. The lowest BCUT2D eigenvalue weighted by Crippen LogP contribution is -2.54. The second-order valence-corrected chi connectivity index (χ2v) is 14.3. The molecule has 4 rings (SSSR count). The maximum Gasteiger partial charge on any atom is 0.326 e. The van der Waals surface area contributed by atoms with Crippen molar-refractivity contribution in [3.8, 4) is 0 Å². The van der Waals surface area contributed by atoms with Crippen LogP contribution in [0.2, 0.25) is 0 Å². The molecule has 3 aliphatic heterocycles. The predicted octanol–water partition coefficient (Wildman–Crippen LogP) is 0.493. The zero-order valence-electron chi connectivity index (χ0n) is 30.5. The lowest BCUT2D eigenvalue weighted by molar-refractivity contribution is -0.149. The van der Waals surface area contributed by atoms with Gasteiger partial charge in [-0.1, -0.05) is 30.3 Å². The minimum atomic E-state index is -1.06. The molecule has 15 nitrogen and oxygen atoms in total. The van der Waals surface area contributed by atoms with Crippen molar-refractivity contribution in [3.63, 3.8) is 0 Å². The van der Waals surface area contributed by atoms with Crippen LogP contribution in [-0.4, -0.2) is 179 Å². The molecule has 0 spiro atoms. The number of aliphatic carboxylic acids is 3. The average Bonchev–Trinajstić information content (AvgIpc) is 3.62. The van der Waals surface area contributed by atoms with Gasteiger partial charge in [0, 0.05) is 58.9 Å². The van der Waals surface area contributed by atoms with Gasteiger partial charge in [-0.15, -0.1) is 0 Å². The molecule has 1 aromatic carbocycles. The molecule has 0 saturated carbocycles. The highest BCUT2D eigenvalue weighted by molar-refractivity contribution is 5.88. The zero-order chi connectivity index (χ0) is 37.3. The van der Waals surface area contributed by atoms with E-state index in [1.165, 1.54) is 4.90 Å². The van der Waals surface area contributed by atoms with Crippen LogP contribution in [-0.2, 0) is 30.4 Å². The number of unbranched alkanes of at least 4 members (excludes halogenated alkanes) is 1. The van der Waals surface area contributed by atoms with E-state index in [1.807, 2.05) is 35.2 Å². The number of carboxylic acids is 3. The van der Waals surface area contributed by atoms with Gasteiger partial charge in [-0.05, 0) is 83.0 Å². The quantitative estimate of drug-likeness (QED) is 0.140. The van der Waals surface area contributed by atoms with Crippen molar-refractivity contribution < 1.29 is 39.3 Å². The number of aryl methyl sites for hydroxylation is 1. The molecule has 2 unspecified atom stereocenters. The Balaban J connectivity index is 1.26. The molecule has 1 aromatic rings. The number of carbonyl (C=O) groups excluding carboxylic acids is 2. The fraction of sp³-hybridized carbons (Fsp3) is 0.703. The zero-order valence-corrected chi connectivity index (χ0v) is 30.5. The molecule has 3 saturated heterocycles. The standard InChI is InChI=1S/C37H59N7O8/c45-33(27-42-18-7-16-41-22-21-40(23-25-42)17-8-19-43(26-24-41)28-34(46)47)38-15-5-4-11-30(35(48)44-20-6-12-32(44)37(51)52)39-31(36(49)50)14-13-29-9-2-1-3-10-29/h1-3,9-10,30-32,39H,4-8,11-28H2,(H,38,45)(H,46,47)(H,49,50)(H,51,52)/t30-,31-,32-/m0/s1. The molecule has 2 amide bonds. The van der Waals surface area contributed by atoms with Crippen LogP contribution >= 0.6 is 0 Å². The molecule has 0 aromatic heterocycles. The second-order valence-electron chi connectivity index (χ2n) is 14.3. The number of amides is 2. The van der Waals surface area contributed by atoms with Gasteiger partial charge in [-0.25, -0.2) is 4.79 Å². The molecule has 52 heavy (non-hydrogen) atoms. The number of nitrogens with one attached hydrogen (secondary N) is 2. The molecular weight excluding hydrogens is 670 g/mol. The minimum Gasteiger partial charge on any atom is -0.480 e. The number of benzene rings is 1. The number of carbonyl (C=O) groups is 5. The van der Waals surface area contributed by atoms with Gasteiger partial charge in [-0.3, -0.25) is 34.3 Å². The smallest absolute Gasteiger partial charge is 0.326 e. The van der Waals surface area contributed by atoms with E-state index in [2.05, 4.69) is 25.3 Å². The van der Waals surface area contributed by atoms with Crippen LogP contribution < -0.4 is 10.6 Å². The molecule has 15 heteroatoms. The van der Waals surface area contributed by atoms with Crippen LogP contribution in [0.25, 0.3) is 0 Å². The first-order valence-corrected chi connectivity index (χ1v) is 19.0. The summed E-state index contributed by atoms with van der Waals surface area (Å²) in [6.07, 6.45) is 5.00. The van der Waals surface area contributed by atoms with Crippen LogP contribution in [0, 0.1) is 0 Å². The van der Waals surface area contributed by atoms with Crippen LogP contribution in [0.3, 0.4) is 0 Å². The number of fused-ring (bicyclic) bond motifs is 3. The molecule has 0 radical (unpaired) electrons. The molecule has 3 fully saturated rings. The summed E-state index contributed by atoms with van der Waals surface area (Å²) in [6.45, 7) is 9.48. The SMILES string of the molecule is O=C(O)CN1CCCN2CCN(CCCN(CC(=O)NCCCC[C@H](N[C@@H](CCc3ccccc3)C(=O)O)C(=O)N3CCC[C@H]3C(=O)O)CC2)CC1. The first-order valence-electron chi connectivity index (χ1n) is 19.0. The Kier molecular flexibility index (Phi) is 17.2. The summed E-state index contributed by atoms with van der Waals surface area (Å²) in [6, 6.07) is 6.79. The Morgan fingerprint density at radius 3 is 1.94 bits per heavy atom. The van der Waals surface area contributed by atoms with E-state index in [9.17, 15) is 39.3 Å². The summed E-state index contributed by atoms with van der Waals surface area (Å²) in [4.78, 5) is 72.5. The monoisotopic (exact) mass is 729 g/mol. The lowest BCUT2D eigenvalue weighted by atomic mass is 10.0. The molecule has 5 N–H and O–H groups in total. The summed E-state index contributed by atoms with van der Waals surface area (Å²) in [7, 11) is 0. The lowest BCUT2D eigenvalue weighted by Gasteiger charge is -2.35. The molecular formula is C37H59N7O8. The van der Waals surface area contributed by atoms with E-state index in [-0.39, 0.29) is 31.3 Å². The van der Waals surface area contributed by atoms with Gasteiger partial charge >= 0.3 is 17.9 Å². The van der Waals surface area contributed by atoms with E-state index in [4.69, 9.17) is 0 Å². The van der Waals surface area contributed by atoms with E-state index < -0.39 is 36.0 Å². The summed E-state index contributed by atoms with van der Waals surface area (Å²) in [5.74, 6) is -3.36. The van der Waals surface area contributed by atoms with Crippen LogP contribution in [0.15, 0.2) is 30.3 Å². The summed E-state index contributed by atoms with van der Waals surface area (Å²) >= 11 is 0. The van der Waals surface area contributed by atoms with E-state index in [1.54, 1.807) is 0 Å². The van der Waals surface area contributed by atoms with Crippen molar-refractivity contribution in [2.45, 2.75) is 75.9 Å². The summed E-state index contributed by atoms with van der Waals surface area (Å²) in [5, 5.41) is 35.1. The molecule has 0 aliphatic carbocycles. The topological polar surface area (TPSA) is 186 Å². The highest BCUT2D eigenvalue weighted by atomic mass is 16.4. The van der Waals surface area contributed by atoms with E-state index in [0.717, 1.165) is 83.9 Å². The maximum absolute atomic E-state index is 13.7. The Bertz CT molecular complexity index is 1300. The van der Waals surface area contributed by atoms with Crippen molar-refractivity contribution in [1.29, 1.82) is 0 Å². The third kappa shape index (κ3) is 14.1. The van der Waals surface area contributed by atoms with Crippen molar-refractivity contribution in [1.82, 2.24) is 35.1 Å². The minimum absolute atomic E-state index is 0.0649. The van der Waals surface area contributed by atoms with Crippen LogP contribution in [0.5, 0.6) is 0 Å². The molecule has 3 heterocycles. The van der Waals surface area contributed by atoms with Gasteiger partial charge in [0.25, 0.3) is 0 Å². The summed E-state index contributed by atoms with van der Waals surface area (Å²) in [5.41, 5.74) is 0.992. The van der Waals surface area contributed by atoms with E-state index >= 15 is 0 Å². The van der Waals surface area contributed by atoms with Gasteiger partial charge in [0.05, 0.1) is 19.1 Å². The highest BCUT2D eigenvalue weighted by Crippen LogP contribution is 2.20. The van der Waals surface area contributed by atoms with Crippen molar-refractivity contribution in [2.24, 2.45) is 0 Å². The normalized spacial score (nSPS) is 23.4. The number of nitrogens with zero attached hydrogens (tertiary/aromatic N) is 5. The Morgan fingerprint density at radius 1 is 0.692 bits per heavy atom. The van der Waals surface area contributed by atoms with Crippen LogP contribution in [0.1, 0.15) is 56.9 Å². The molecule has 290 valence electrons. The molecule has 2 bridgehead atoms. The number of carboxylic acid groups (broad SMARTS) is 3.